The molecule has 1 unspecified atom stereocenters. The average molecular weight is 269 g/mol. The molecule has 104 valence electrons. The standard InChI is InChI=1S/C14H27N3S/c1-5-11(15)10-12-13(6-2)16-17(8-9-18-4)14(12)7-3/h11H,5-10,15H2,1-4H3. The normalized spacial score (nSPS) is 12.9. The first kappa shape index (κ1) is 15.6. The zero-order valence-corrected chi connectivity index (χ0v) is 13.0. The summed E-state index contributed by atoms with van der Waals surface area (Å²) in [6.07, 6.45) is 6.20. The van der Waals surface area contributed by atoms with E-state index in [0.29, 0.717) is 0 Å². The van der Waals surface area contributed by atoms with E-state index in [-0.39, 0.29) is 6.04 Å². The summed E-state index contributed by atoms with van der Waals surface area (Å²) in [5, 5.41) is 4.77. The van der Waals surface area contributed by atoms with Crippen molar-refractivity contribution >= 4 is 11.8 Å². The highest BCUT2D eigenvalue weighted by molar-refractivity contribution is 7.98. The highest BCUT2D eigenvalue weighted by Crippen LogP contribution is 2.19. The third-order valence-corrected chi connectivity index (χ3v) is 4.01. The van der Waals surface area contributed by atoms with Gasteiger partial charge in [0.15, 0.2) is 0 Å². The quantitative estimate of drug-likeness (QED) is 0.789. The molecular weight excluding hydrogens is 242 g/mol. The number of aromatic nitrogens is 2. The first-order valence-electron chi connectivity index (χ1n) is 6.99. The molecule has 0 aliphatic carbocycles. The van der Waals surface area contributed by atoms with Crippen LogP contribution in [0.25, 0.3) is 0 Å². The highest BCUT2D eigenvalue weighted by atomic mass is 32.2. The molecule has 0 aliphatic heterocycles. The van der Waals surface area contributed by atoms with Crippen LogP contribution in [0.5, 0.6) is 0 Å². The monoisotopic (exact) mass is 269 g/mol. The van der Waals surface area contributed by atoms with Crippen LogP contribution in [0.3, 0.4) is 0 Å². The smallest absolute Gasteiger partial charge is 0.0657 e. The van der Waals surface area contributed by atoms with Crippen LogP contribution in [0.1, 0.15) is 44.1 Å². The van der Waals surface area contributed by atoms with Gasteiger partial charge >= 0.3 is 0 Å². The molecule has 0 aliphatic rings. The van der Waals surface area contributed by atoms with E-state index in [2.05, 4.69) is 31.7 Å². The van der Waals surface area contributed by atoms with Gasteiger partial charge in [-0.15, -0.1) is 0 Å². The first-order valence-corrected chi connectivity index (χ1v) is 8.39. The summed E-state index contributed by atoms with van der Waals surface area (Å²) in [7, 11) is 0. The molecule has 1 atom stereocenters. The van der Waals surface area contributed by atoms with Gasteiger partial charge in [-0.1, -0.05) is 20.8 Å². The average Bonchev–Trinajstić information content (AvgIpc) is 2.73. The Morgan fingerprint density at radius 1 is 1.28 bits per heavy atom. The number of thioether (sulfide) groups is 1. The predicted molar refractivity (Wildman–Crippen MR) is 81.3 cm³/mol. The maximum absolute atomic E-state index is 6.12. The van der Waals surface area contributed by atoms with Crippen molar-refractivity contribution in [2.45, 2.75) is 59.0 Å². The lowest BCUT2D eigenvalue weighted by atomic mass is 10.00. The fraction of sp³-hybridized carbons (Fsp3) is 0.786. The summed E-state index contributed by atoms with van der Waals surface area (Å²) >= 11 is 1.87. The van der Waals surface area contributed by atoms with Crippen molar-refractivity contribution < 1.29 is 0 Å². The minimum Gasteiger partial charge on any atom is -0.327 e. The van der Waals surface area contributed by atoms with Crippen LogP contribution < -0.4 is 5.73 Å². The Balaban J connectivity index is 3.00. The van der Waals surface area contributed by atoms with Crippen molar-refractivity contribution in [1.29, 1.82) is 0 Å². The molecule has 0 amide bonds. The molecule has 1 rings (SSSR count). The van der Waals surface area contributed by atoms with Crippen molar-refractivity contribution in [3.8, 4) is 0 Å². The lowest BCUT2D eigenvalue weighted by molar-refractivity contribution is 0.615. The SMILES string of the molecule is CCc1nn(CCSC)c(CC)c1CC(N)CC. The Morgan fingerprint density at radius 2 is 2.00 bits per heavy atom. The summed E-state index contributed by atoms with van der Waals surface area (Å²) in [4.78, 5) is 0. The van der Waals surface area contributed by atoms with E-state index >= 15 is 0 Å². The van der Waals surface area contributed by atoms with E-state index in [9.17, 15) is 0 Å². The molecule has 0 saturated heterocycles. The molecule has 3 nitrogen and oxygen atoms in total. The van der Waals surface area contributed by atoms with Crippen molar-refractivity contribution in [2.75, 3.05) is 12.0 Å². The van der Waals surface area contributed by atoms with Gasteiger partial charge in [-0.25, -0.2) is 0 Å². The second-order valence-corrected chi connectivity index (χ2v) is 5.65. The second-order valence-electron chi connectivity index (χ2n) is 4.67. The minimum atomic E-state index is 0.263. The van der Waals surface area contributed by atoms with Gasteiger partial charge in [0.1, 0.15) is 0 Å². The van der Waals surface area contributed by atoms with Gasteiger partial charge in [-0.2, -0.15) is 16.9 Å². The summed E-state index contributed by atoms with van der Waals surface area (Å²) in [5.74, 6) is 1.12. The molecular formula is C14H27N3S. The van der Waals surface area contributed by atoms with Gasteiger partial charge in [0.2, 0.25) is 0 Å². The van der Waals surface area contributed by atoms with Crippen LogP contribution in [-0.4, -0.2) is 27.8 Å². The van der Waals surface area contributed by atoms with Crippen LogP contribution >= 0.6 is 11.8 Å². The third kappa shape index (κ3) is 3.75. The lowest BCUT2D eigenvalue weighted by Gasteiger charge is -2.11. The summed E-state index contributed by atoms with van der Waals surface area (Å²) in [5.41, 5.74) is 10.2. The molecule has 0 radical (unpaired) electrons. The third-order valence-electron chi connectivity index (χ3n) is 3.42. The van der Waals surface area contributed by atoms with Crippen molar-refractivity contribution in [2.24, 2.45) is 5.73 Å². The molecule has 0 bridgehead atoms. The van der Waals surface area contributed by atoms with Crippen molar-refractivity contribution in [3.63, 3.8) is 0 Å². The summed E-state index contributed by atoms with van der Waals surface area (Å²) < 4.78 is 2.20. The number of hydrogen-bond donors (Lipinski definition) is 1. The predicted octanol–water partition coefficient (Wildman–Crippen LogP) is 2.65. The zero-order valence-electron chi connectivity index (χ0n) is 12.2. The van der Waals surface area contributed by atoms with Crippen molar-refractivity contribution in [1.82, 2.24) is 9.78 Å². The summed E-state index contributed by atoms with van der Waals surface area (Å²) in [6.45, 7) is 7.56. The fourth-order valence-corrected chi connectivity index (χ4v) is 2.63. The van der Waals surface area contributed by atoms with E-state index in [1.54, 1.807) is 0 Å². The second kappa shape index (κ2) is 7.85. The number of rotatable bonds is 8. The molecule has 1 aromatic heterocycles. The number of hydrogen-bond acceptors (Lipinski definition) is 3. The van der Waals surface area contributed by atoms with E-state index < -0.39 is 0 Å². The topological polar surface area (TPSA) is 43.8 Å². The van der Waals surface area contributed by atoms with E-state index in [1.807, 2.05) is 11.8 Å². The molecule has 0 fully saturated rings. The maximum Gasteiger partial charge on any atom is 0.0657 e. The fourth-order valence-electron chi connectivity index (χ4n) is 2.27. The summed E-state index contributed by atoms with van der Waals surface area (Å²) in [6, 6.07) is 0.263. The van der Waals surface area contributed by atoms with Crippen LogP contribution in [-0.2, 0) is 25.8 Å². The Labute approximate surface area is 116 Å². The van der Waals surface area contributed by atoms with Crippen LogP contribution in [0, 0.1) is 0 Å². The number of aryl methyl sites for hydroxylation is 2. The van der Waals surface area contributed by atoms with Gasteiger partial charge in [-0.05, 0) is 37.5 Å². The first-order chi connectivity index (χ1) is 8.67. The molecule has 18 heavy (non-hydrogen) atoms. The Bertz CT molecular complexity index is 360. The van der Waals surface area contributed by atoms with Gasteiger partial charge in [-0.3, -0.25) is 4.68 Å². The Kier molecular flexibility index (Phi) is 6.79. The minimum absolute atomic E-state index is 0.263. The molecule has 0 aromatic carbocycles. The maximum atomic E-state index is 6.12. The van der Waals surface area contributed by atoms with Crippen molar-refractivity contribution in [3.05, 3.63) is 17.0 Å². The Morgan fingerprint density at radius 3 is 2.50 bits per heavy atom. The lowest BCUT2D eigenvalue weighted by Crippen LogP contribution is -2.22. The van der Waals surface area contributed by atoms with E-state index in [4.69, 9.17) is 10.8 Å². The van der Waals surface area contributed by atoms with Crippen LogP contribution in [0.15, 0.2) is 0 Å². The molecule has 2 N–H and O–H groups in total. The Hall–Kier alpha value is -0.480. The van der Waals surface area contributed by atoms with Crippen LogP contribution in [0.2, 0.25) is 0 Å². The van der Waals surface area contributed by atoms with E-state index in [0.717, 1.165) is 38.0 Å². The van der Waals surface area contributed by atoms with E-state index in [1.165, 1.54) is 17.0 Å². The molecule has 0 saturated carbocycles. The number of nitrogens with zero attached hydrogens (tertiary/aromatic N) is 2. The highest BCUT2D eigenvalue weighted by Gasteiger charge is 2.16. The zero-order chi connectivity index (χ0) is 13.5. The van der Waals surface area contributed by atoms with Crippen LogP contribution in [0.4, 0.5) is 0 Å². The van der Waals surface area contributed by atoms with Gasteiger partial charge in [0.05, 0.1) is 12.2 Å². The van der Waals surface area contributed by atoms with Gasteiger partial charge in [0.25, 0.3) is 0 Å². The molecule has 0 spiro atoms. The molecule has 4 heteroatoms. The largest absolute Gasteiger partial charge is 0.327 e. The molecule has 1 heterocycles. The molecule has 1 aromatic rings. The van der Waals surface area contributed by atoms with Gasteiger partial charge in [0, 0.05) is 17.5 Å². The van der Waals surface area contributed by atoms with Gasteiger partial charge < -0.3 is 5.73 Å². The number of nitrogens with two attached hydrogens (primary N) is 1.